The summed E-state index contributed by atoms with van der Waals surface area (Å²) in [6.07, 6.45) is 16.4. The van der Waals surface area contributed by atoms with Crippen molar-refractivity contribution in [1.82, 2.24) is 15.5 Å². The fourth-order valence-corrected chi connectivity index (χ4v) is 6.85. The third-order valence-corrected chi connectivity index (χ3v) is 9.18. The molecule has 1 aromatic rings. The molecule has 3 atom stereocenters. The molecule has 0 bridgehead atoms. The van der Waals surface area contributed by atoms with Gasteiger partial charge in [-0.15, -0.1) is 0 Å². The van der Waals surface area contributed by atoms with Gasteiger partial charge >= 0.3 is 6.03 Å². The van der Waals surface area contributed by atoms with Gasteiger partial charge in [0, 0.05) is 36.6 Å². The molecular weight excluding hydrogens is 470 g/mol. The number of urea groups is 1. The van der Waals surface area contributed by atoms with Crippen molar-refractivity contribution in [3.63, 3.8) is 0 Å². The third-order valence-electron chi connectivity index (χ3n) is 8.95. The van der Waals surface area contributed by atoms with Crippen molar-refractivity contribution in [2.45, 2.75) is 102 Å². The molecule has 3 aliphatic rings. The zero-order valence-electron chi connectivity index (χ0n) is 22.3. The van der Waals surface area contributed by atoms with Crippen LogP contribution in [0, 0.1) is 17.8 Å². The fourth-order valence-electron chi connectivity index (χ4n) is 6.66. The van der Waals surface area contributed by atoms with Gasteiger partial charge in [0.25, 0.3) is 0 Å². The van der Waals surface area contributed by atoms with E-state index in [0.29, 0.717) is 11.6 Å². The van der Waals surface area contributed by atoms with E-state index < -0.39 is 5.60 Å². The van der Waals surface area contributed by atoms with Crippen molar-refractivity contribution < 1.29 is 9.90 Å². The second-order valence-electron chi connectivity index (χ2n) is 11.9. The Kier molecular flexibility index (Phi) is 10.4. The maximum atomic E-state index is 13.4. The molecule has 2 amide bonds. The molecule has 202 valence electrons. The fraction of sp³-hybridized carbons (Fsp3) is 0.767. The van der Waals surface area contributed by atoms with E-state index in [4.69, 9.17) is 11.6 Å². The summed E-state index contributed by atoms with van der Waals surface area (Å²) < 4.78 is 0. The Morgan fingerprint density at radius 1 is 1.11 bits per heavy atom. The molecule has 5 nitrogen and oxygen atoms in total. The number of nitrogens with zero attached hydrogens (tertiary/aromatic N) is 1. The smallest absolute Gasteiger partial charge is 0.317 e. The number of unbranched alkanes of at least 4 members (excludes halogenated alkanes) is 1. The Morgan fingerprint density at radius 3 is 2.64 bits per heavy atom. The zero-order chi connectivity index (χ0) is 25.4. The standard InChI is InChI=1S/C30H48ClN3O2/c1-32-21-28(19-24-10-3-2-4-11-24)33-29(35)34-18-8-13-26(22-34)30(36,17-6-5-9-23-15-16-23)25-12-7-14-27(31)20-25/h7,12,14,20,23-24,26,28,32,36H,2-6,8-11,13,15-19,21-22H2,1H3,(H,33,35)/t26-,28+,30?/m1/s1. The summed E-state index contributed by atoms with van der Waals surface area (Å²) in [5.74, 6) is 1.64. The highest BCUT2D eigenvalue weighted by atomic mass is 35.5. The molecule has 2 saturated carbocycles. The lowest BCUT2D eigenvalue weighted by Crippen LogP contribution is -2.54. The average Bonchev–Trinajstić information content (AvgIpc) is 3.72. The van der Waals surface area contributed by atoms with E-state index in [0.717, 1.165) is 69.0 Å². The number of nitrogens with one attached hydrogen (secondary N) is 2. The lowest BCUT2D eigenvalue weighted by atomic mass is 9.74. The number of likely N-dealkylation sites (tertiary alicyclic amines) is 1. The number of hydrogen-bond donors (Lipinski definition) is 3. The maximum absolute atomic E-state index is 13.4. The van der Waals surface area contributed by atoms with Crippen LogP contribution in [0.4, 0.5) is 4.79 Å². The van der Waals surface area contributed by atoms with Crippen molar-refractivity contribution in [2.24, 2.45) is 17.8 Å². The van der Waals surface area contributed by atoms with E-state index in [2.05, 4.69) is 10.6 Å². The summed E-state index contributed by atoms with van der Waals surface area (Å²) >= 11 is 6.36. The first-order valence-electron chi connectivity index (χ1n) is 14.7. The van der Waals surface area contributed by atoms with E-state index in [1.807, 2.05) is 36.2 Å². The summed E-state index contributed by atoms with van der Waals surface area (Å²) in [4.78, 5) is 15.4. The number of carbonyl (C=O) groups is 1. The van der Waals surface area contributed by atoms with Crippen LogP contribution in [0.3, 0.4) is 0 Å². The molecule has 1 heterocycles. The second-order valence-corrected chi connectivity index (χ2v) is 12.3. The van der Waals surface area contributed by atoms with Crippen LogP contribution in [-0.2, 0) is 5.60 Å². The summed E-state index contributed by atoms with van der Waals surface area (Å²) in [5, 5.41) is 19.5. The largest absolute Gasteiger partial charge is 0.385 e. The van der Waals surface area contributed by atoms with Crippen LogP contribution >= 0.6 is 11.6 Å². The zero-order valence-corrected chi connectivity index (χ0v) is 23.1. The van der Waals surface area contributed by atoms with Crippen LogP contribution < -0.4 is 10.6 Å². The summed E-state index contributed by atoms with van der Waals surface area (Å²) in [6, 6.07) is 7.92. The van der Waals surface area contributed by atoms with Gasteiger partial charge in [0.15, 0.2) is 0 Å². The quantitative estimate of drug-likeness (QED) is 0.278. The highest BCUT2D eigenvalue weighted by Gasteiger charge is 2.41. The number of aliphatic hydroxyl groups is 1. The van der Waals surface area contributed by atoms with Gasteiger partial charge in [0.1, 0.15) is 0 Å². The number of carbonyl (C=O) groups excluding carboxylic acids is 1. The Morgan fingerprint density at radius 2 is 1.92 bits per heavy atom. The highest BCUT2D eigenvalue weighted by molar-refractivity contribution is 6.30. The summed E-state index contributed by atoms with van der Waals surface area (Å²) in [5.41, 5.74) is -0.0566. The molecular formula is C30H48ClN3O2. The number of likely N-dealkylation sites (N-methyl/N-ethyl adjacent to an activating group) is 1. The molecule has 0 aromatic heterocycles. The minimum absolute atomic E-state index is 0.0116. The number of halogens is 1. The van der Waals surface area contributed by atoms with Crippen LogP contribution in [-0.4, -0.2) is 48.8 Å². The molecule has 3 N–H and O–H groups in total. The summed E-state index contributed by atoms with van der Waals surface area (Å²) in [6.45, 7) is 2.14. The highest BCUT2D eigenvalue weighted by Crippen LogP contribution is 2.41. The average molecular weight is 518 g/mol. The van der Waals surface area contributed by atoms with Crippen LogP contribution in [0.2, 0.25) is 5.02 Å². The van der Waals surface area contributed by atoms with Gasteiger partial charge < -0.3 is 20.6 Å². The lowest BCUT2D eigenvalue weighted by Gasteiger charge is -2.43. The van der Waals surface area contributed by atoms with E-state index >= 15 is 0 Å². The van der Waals surface area contributed by atoms with E-state index in [9.17, 15) is 9.90 Å². The van der Waals surface area contributed by atoms with Gasteiger partial charge in [-0.3, -0.25) is 0 Å². The van der Waals surface area contributed by atoms with Crippen LogP contribution in [0.1, 0.15) is 95.5 Å². The number of rotatable bonds is 12. The molecule has 6 heteroatoms. The number of benzene rings is 1. The van der Waals surface area contributed by atoms with Crippen molar-refractivity contribution in [2.75, 3.05) is 26.7 Å². The van der Waals surface area contributed by atoms with Gasteiger partial charge in [-0.1, -0.05) is 87.9 Å². The molecule has 1 unspecified atom stereocenters. The minimum Gasteiger partial charge on any atom is -0.385 e. The normalized spacial score (nSPS) is 23.8. The van der Waals surface area contributed by atoms with Crippen LogP contribution in [0.25, 0.3) is 0 Å². The monoisotopic (exact) mass is 517 g/mol. The molecule has 1 aromatic carbocycles. The third kappa shape index (κ3) is 7.85. The van der Waals surface area contributed by atoms with Crippen molar-refractivity contribution in [3.05, 3.63) is 34.9 Å². The number of hydrogen-bond acceptors (Lipinski definition) is 3. The lowest BCUT2D eigenvalue weighted by molar-refractivity contribution is -0.0558. The molecule has 36 heavy (non-hydrogen) atoms. The van der Waals surface area contributed by atoms with Crippen LogP contribution in [0.5, 0.6) is 0 Å². The molecule has 1 aliphatic heterocycles. The van der Waals surface area contributed by atoms with Gasteiger partial charge in [-0.05, 0) is 62.3 Å². The molecule has 3 fully saturated rings. The first-order chi connectivity index (χ1) is 17.5. The van der Waals surface area contributed by atoms with Crippen LogP contribution in [0.15, 0.2) is 24.3 Å². The SMILES string of the molecule is CNC[C@H](CC1CCCCC1)NC(=O)N1CCC[C@@H](C(O)(CCCCC2CC2)c2cccc(Cl)c2)C1. The minimum atomic E-state index is -0.958. The van der Waals surface area contributed by atoms with Gasteiger partial charge in [0.05, 0.1) is 5.60 Å². The molecule has 2 aliphatic carbocycles. The maximum Gasteiger partial charge on any atom is 0.317 e. The van der Waals surface area contributed by atoms with E-state index in [1.165, 1.54) is 51.4 Å². The Bertz CT molecular complexity index is 826. The second kappa shape index (κ2) is 13.5. The van der Waals surface area contributed by atoms with Crippen molar-refractivity contribution in [1.29, 1.82) is 0 Å². The first-order valence-corrected chi connectivity index (χ1v) is 15.0. The van der Waals surface area contributed by atoms with Gasteiger partial charge in [0.2, 0.25) is 0 Å². The number of amides is 2. The molecule has 4 rings (SSSR count). The Balaban J connectivity index is 1.40. The predicted octanol–water partition coefficient (Wildman–Crippen LogP) is 6.48. The van der Waals surface area contributed by atoms with Crippen molar-refractivity contribution in [3.8, 4) is 0 Å². The Labute approximate surface area is 223 Å². The topological polar surface area (TPSA) is 64.6 Å². The van der Waals surface area contributed by atoms with E-state index in [-0.39, 0.29) is 18.0 Å². The van der Waals surface area contributed by atoms with E-state index in [1.54, 1.807) is 0 Å². The molecule has 1 saturated heterocycles. The Hall–Kier alpha value is -1.30. The molecule has 0 radical (unpaired) electrons. The summed E-state index contributed by atoms with van der Waals surface area (Å²) in [7, 11) is 1.96. The van der Waals surface area contributed by atoms with Gasteiger partial charge in [-0.25, -0.2) is 4.79 Å². The predicted molar refractivity (Wildman–Crippen MR) is 148 cm³/mol. The molecule has 0 spiro atoms. The van der Waals surface area contributed by atoms with Crippen molar-refractivity contribution >= 4 is 17.6 Å². The van der Waals surface area contributed by atoms with Gasteiger partial charge in [-0.2, -0.15) is 0 Å². The first kappa shape index (κ1) is 27.7. The number of piperidine rings is 1.